The standard InChI is InChI=1S/C17H18FNO3S/c1-3-22-16-8-7-14(10-15(16)18)19-17(20)13-6-4-5-12(9-13)11-23(2)21/h4-10H,3,11H2,1-2H3,(H,19,20). The lowest BCUT2D eigenvalue weighted by molar-refractivity contribution is 0.102. The molecule has 122 valence electrons. The van der Waals surface area contributed by atoms with Gasteiger partial charge in [-0.05, 0) is 36.8 Å². The van der Waals surface area contributed by atoms with Crippen LogP contribution in [0.25, 0.3) is 0 Å². The zero-order valence-electron chi connectivity index (χ0n) is 13.0. The number of ether oxygens (including phenoxy) is 1. The van der Waals surface area contributed by atoms with Gasteiger partial charge in [0.2, 0.25) is 0 Å². The molecule has 0 aliphatic heterocycles. The van der Waals surface area contributed by atoms with E-state index in [4.69, 9.17) is 4.74 Å². The molecule has 0 aliphatic rings. The van der Waals surface area contributed by atoms with Gasteiger partial charge >= 0.3 is 0 Å². The molecule has 0 fully saturated rings. The average Bonchev–Trinajstić information content (AvgIpc) is 2.50. The summed E-state index contributed by atoms with van der Waals surface area (Å²) < 4.78 is 30.2. The Kier molecular flexibility index (Phi) is 5.87. The first-order chi connectivity index (χ1) is 11.0. The highest BCUT2D eigenvalue weighted by molar-refractivity contribution is 7.83. The number of amides is 1. The van der Waals surface area contributed by atoms with Crippen molar-refractivity contribution in [3.63, 3.8) is 0 Å². The predicted octanol–water partition coefficient (Wildman–Crippen LogP) is 3.36. The summed E-state index contributed by atoms with van der Waals surface area (Å²) in [5.74, 6) is -0.339. The summed E-state index contributed by atoms with van der Waals surface area (Å²) in [4.78, 5) is 12.2. The van der Waals surface area contributed by atoms with Crippen molar-refractivity contribution in [2.75, 3.05) is 18.2 Å². The van der Waals surface area contributed by atoms with Gasteiger partial charge in [-0.25, -0.2) is 4.39 Å². The van der Waals surface area contributed by atoms with Gasteiger partial charge in [0.25, 0.3) is 5.91 Å². The highest BCUT2D eigenvalue weighted by Gasteiger charge is 2.10. The highest BCUT2D eigenvalue weighted by Crippen LogP contribution is 2.21. The van der Waals surface area contributed by atoms with Gasteiger partial charge in [0.05, 0.1) is 6.61 Å². The third-order valence-electron chi connectivity index (χ3n) is 3.05. The van der Waals surface area contributed by atoms with E-state index in [0.29, 0.717) is 23.6 Å². The maximum Gasteiger partial charge on any atom is 0.255 e. The summed E-state index contributed by atoms with van der Waals surface area (Å²) in [6.07, 6.45) is 1.61. The molecule has 0 aliphatic carbocycles. The van der Waals surface area contributed by atoms with E-state index >= 15 is 0 Å². The molecule has 1 unspecified atom stereocenters. The van der Waals surface area contributed by atoms with E-state index in [1.165, 1.54) is 12.1 Å². The summed E-state index contributed by atoms with van der Waals surface area (Å²) in [7, 11) is -0.979. The lowest BCUT2D eigenvalue weighted by atomic mass is 10.1. The van der Waals surface area contributed by atoms with Crippen molar-refractivity contribution >= 4 is 22.4 Å². The first-order valence-corrected chi connectivity index (χ1v) is 8.85. The Morgan fingerprint density at radius 2 is 2.04 bits per heavy atom. The van der Waals surface area contributed by atoms with Crippen LogP contribution in [0, 0.1) is 5.82 Å². The lowest BCUT2D eigenvalue weighted by Crippen LogP contribution is -2.12. The summed E-state index contributed by atoms with van der Waals surface area (Å²) in [6, 6.07) is 11.2. The van der Waals surface area contributed by atoms with Crippen molar-refractivity contribution in [2.24, 2.45) is 0 Å². The van der Waals surface area contributed by atoms with E-state index in [0.717, 1.165) is 5.56 Å². The Bertz CT molecular complexity index is 734. The van der Waals surface area contributed by atoms with E-state index < -0.39 is 16.6 Å². The third kappa shape index (κ3) is 4.89. The van der Waals surface area contributed by atoms with Crippen LogP contribution in [-0.4, -0.2) is 23.0 Å². The molecule has 2 rings (SSSR count). The molecule has 4 nitrogen and oxygen atoms in total. The minimum Gasteiger partial charge on any atom is -0.491 e. The molecule has 0 spiro atoms. The lowest BCUT2D eigenvalue weighted by Gasteiger charge is -2.09. The quantitative estimate of drug-likeness (QED) is 0.881. The molecule has 0 bridgehead atoms. The predicted molar refractivity (Wildman–Crippen MR) is 89.7 cm³/mol. The second-order valence-electron chi connectivity index (χ2n) is 4.95. The summed E-state index contributed by atoms with van der Waals surface area (Å²) in [5, 5.41) is 2.64. The van der Waals surface area contributed by atoms with Gasteiger partial charge in [-0.2, -0.15) is 0 Å². The van der Waals surface area contributed by atoms with Gasteiger partial charge in [-0.15, -0.1) is 0 Å². The van der Waals surface area contributed by atoms with Crippen LogP contribution >= 0.6 is 0 Å². The van der Waals surface area contributed by atoms with Crippen LogP contribution in [-0.2, 0) is 16.6 Å². The summed E-state index contributed by atoms with van der Waals surface area (Å²) >= 11 is 0. The molecule has 1 amide bonds. The van der Waals surface area contributed by atoms with Crippen molar-refractivity contribution in [2.45, 2.75) is 12.7 Å². The molecule has 1 atom stereocenters. The van der Waals surface area contributed by atoms with Crippen molar-refractivity contribution in [3.05, 3.63) is 59.4 Å². The van der Waals surface area contributed by atoms with Crippen LogP contribution in [0.3, 0.4) is 0 Å². The van der Waals surface area contributed by atoms with Crippen molar-refractivity contribution in [3.8, 4) is 5.75 Å². The minimum absolute atomic E-state index is 0.151. The molecule has 1 N–H and O–H groups in total. The molecular weight excluding hydrogens is 317 g/mol. The smallest absolute Gasteiger partial charge is 0.255 e. The third-order valence-corrected chi connectivity index (χ3v) is 3.79. The molecule has 0 heterocycles. The number of benzene rings is 2. The largest absolute Gasteiger partial charge is 0.491 e. The summed E-state index contributed by atoms with van der Waals surface area (Å²) in [6.45, 7) is 2.14. The molecule has 2 aromatic rings. The number of hydrogen-bond donors (Lipinski definition) is 1. The van der Waals surface area contributed by atoms with Crippen LogP contribution in [0.2, 0.25) is 0 Å². The molecule has 0 aromatic heterocycles. The Labute approximate surface area is 137 Å². The Balaban J connectivity index is 2.12. The van der Waals surface area contributed by atoms with Gasteiger partial charge < -0.3 is 10.1 Å². The van der Waals surface area contributed by atoms with Gasteiger partial charge in [-0.3, -0.25) is 9.00 Å². The van der Waals surface area contributed by atoms with Gasteiger partial charge in [0.15, 0.2) is 11.6 Å². The van der Waals surface area contributed by atoms with E-state index in [2.05, 4.69) is 5.32 Å². The van der Waals surface area contributed by atoms with Crippen molar-refractivity contribution in [1.82, 2.24) is 0 Å². The van der Waals surface area contributed by atoms with Crippen LogP contribution in [0.15, 0.2) is 42.5 Å². The average molecular weight is 335 g/mol. The first-order valence-electron chi connectivity index (χ1n) is 7.12. The fourth-order valence-electron chi connectivity index (χ4n) is 2.09. The molecule has 0 saturated carbocycles. The zero-order valence-corrected chi connectivity index (χ0v) is 13.8. The van der Waals surface area contributed by atoms with Gasteiger partial charge in [-0.1, -0.05) is 12.1 Å². The maximum atomic E-state index is 13.8. The highest BCUT2D eigenvalue weighted by atomic mass is 32.2. The van der Waals surface area contributed by atoms with Gasteiger partial charge in [0.1, 0.15) is 0 Å². The topological polar surface area (TPSA) is 55.4 Å². The number of anilines is 1. The van der Waals surface area contributed by atoms with E-state index in [1.54, 1.807) is 37.4 Å². The van der Waals surface area contributed by atoms with E-state index in [-0.39, 0.29) is 11.7 Å². The number of rotatable bonds is 6. The number of nitrogens with one attached hydrogen (secondary N) is 1. The molecule has 23 heavy (non-hydrogen) atoms. The SMILES string of the molecule is CCOc1ccc(NC(=O)c2cccc(CS(C)=O)c2)cc1F. The fraction of sp³-hybridized carbons (Fsp3) is 0.235. The van der Waals surface area contributed by atoms with Crippen LogP contribution < -0.4 is 10.1 Å². The Hall–Kier alpha value is -2.21. The summed E-state index contributed by atoms with van der Waals surface area (Å²) in [5.41, 5.74) is 1.60. The fourth-order valence-corrected chi connectivity index (χ4v) is 2.74. The number of hydrogen-bond acceptors (Lipinski definition) is 3. The first kappa shape index (κ1) is 17.1. The number of carbonyl (C=O) groups excluding carboxylic acids is 1. The number of halogens is 1. The molecule has 6 heteroatoms. The zero-order chi connectivity index (χ0) is 16.8. The minimum atomic E-state index is -0.979. The molecule has 2 aromatic carbocycles. The van der Waals surface area contributed by atoms with E-state index in [1.807, 2.05) is 6.07 Å². The van der Waals surface area contributed by atoms with Crippen molar-refractivity contribution < 1.29 is 18.1 Å². The monoisotopic (exact) mass is 335 g/mol. The normalized spacial score (nSPS) is 11.8. The second-order valence-corrected chi connectivity index (χ2v) is 6.39. The number of carbonyl (C=O) groups is 1. The Morgan fingerprint density at radius 3 is 2.70 bits per heavy atom. The van der Waals surface area contributed by atoms with Crippen LogP contribution in [0.4, 0.5) is 10.1 Å². The second kappa shape index (κ2) is 7.87. The maximum absolute atomic E-state index is 13.8. The van der Waals surface area contributed by atoms with Crippen LogP contribution in [0.1, 0.15) is 22.8 Å². The van der Waals surface area contributed by atoms with E-state index in [9.17, 15) is 13.4 Å². The molecule has 0 radical (unpaired) electrons. The molecular formula is C17H18FNO3S. The van der Waals surface area contributed by atoms with Gasteiger partial charge in [0, 0.05) is 40.1 Å². The molecule has 0 saturated heterocycles. The van der Waals surface area contributed by atoms with Crippen LogP contribution in [0.5, 0.6) is 5.75 Å². The Morgan fingerprint density at radius 1 is 1.26 bits per heavy atom. The van der Waals surface area contributed by atoms with Crippen molar-refractivity contribution in [1.29, 1.82) is 0 Å².